The monoisotopic (exact) mass is 447 g/mol. The number of aliphatic imine (C=N–C) groups is 1. The van der Waals surface area contributed by atoms with Crippen molar-refractivity contribution in [2.24, 2.45) is 4.99 Å². The Hall–Kier alpha value is -1.59. The lowest BCUT2D eigenvalue weighted by molar-refractivity contribution is 0.443. The number of hydrogen-bond donors (Lipinski definition) is 2. The second-order valence-corrected chi connectivity index (χ2v) is 10.3. The van der Waals surface area contributed by atoms with Gasteiger partial charge in [0.25, 0.3) is 0 Å². The quantitative estimate of drug-likeness (QED) is 0.502. The first-order chi connectivity index (χ1) is 13.9. The summed E-state index contributed by atoms with van der Waals surface area (Å²) in [7, 11) is -1.68. The van der Waals surface area contributed by atoms with E-state index in [0.717, 1.165) is 11.5 Å². The van der Waals surface area contributed by atoms with Crippen molar-refractivity contribution < 1.29 is 17.2 Å². The molecule has 0 aromatic heterocycles. The van der Waals surface area contributed by atoms with Crippen molar-refractivity contribution in [2.75, 3.05) is 61.9 Å². The molecular weight excluding hydrogens is 420 g/mol. The number of anilines is 1. The summed E-state index contributed by atoms with van der Waals surface area (Å²) in [6.45, 7) is 2.31. The maximum absolute atomic E-state index is 14.0. The number of guanidine groups is 1. The third kappa shape index (κ3) is 5.73. The van der Waals surface area contributed by atoms with Crippen LogP contribution in [-0.2, 0) is 10.0 Å². The number of nitrogens with one attached hydrogen (secondary N) is 2. The number of hydrogen-bond acceptors (Lipinski definition) is 5. The van der Waals surface area contributed by atoms with Gasteiger partial charge in [-0.15, -0.1) is 0 Å². The SMILES string of the molecule is CN=C(NCCS(=O)(=O)N1CCSCC1)NC1CCN(c2c(F)cccc2F)C1. The van der Waals surface area contributed by atoms with E-state index in [1.165, 1.54) is 18.2 Å². The lowest BCUT2D eigenvalue weighted by atomic mass is 10.2. The van der Waals surface area contributed by atoms with Crippen LogP contribution in [0.5, 0.6) is 0 Å². The normalized spacial score (nSPS) is 21.4. The molecule has 29 heavy (non-hydrogen) atoms. The van der Waals surface area contributed by atoms with Crippen molar-refractivity contribution >= 4 is 33.4 Å². The molecule has 1 aromatic rings. The Balaban J connectivity index is 1.48. The summed E-state index contributed by atoms with van der Waals surface area (Å²) in [5.41, 5.74) is -0.00876. The van der Waals surface area contributed by atoms with Crippen LogP contribution < -0.4 is 15.5 Å². The molecule has 1 atom stereocenters. The molecule has 0 amide bonds. The van der Waals surface area contributed by atoms with Crippen LogP contribution in [0.1, 0.15) is 6.42 Å². The van der Waals surface area contributed by atoms with Crippen LogP contribution in [0, 0.1) is 11.6 Å². The molecular formula is C18H27F2N5O2S2. The van der Waals surface area contributed by atoms with Gasteiger partial charge < -0.3 is 15.5 Å². The average molecular weight is 448 g/mol. The average Bonchev–Trinajstić information content (AvgIpc) is 3.15. The molecule has 7 nitrogen and oxygen atoms in total. The van der Waals surface area contributed by atoms with E-state index in [9.17, 15) is 17.2 Å². The minimum absolute atomic E-state index is 0.00437. The fraction of sp³-hybridized carbons (Fsp3) is 0.611. The highest BCUT2D eigenvalue weighted by atomic mass is 32.2. The van der Waals surface area contributed by atoms with Gasteiger partial charge in [0.15, 0.2) is 5.96 Å². The van der Waals surface area contributed by atoms with E-state index in [2.05, 4.69) is 15.6 Å². The van der Waals surface area contributed by atoms with Gasteiger partial charge in [-0.3, -0.25) is 4.99 Å². The smallest absolute Gasteiger partial charge is 0.215 e. The van der Waals surface area contributed by atoms with E-state index >= 15 is 0 Å². The predicted molar refractivity (Wildman–Crippen MR) is 114 cm³/mol. The standard InChI is InChI=1S/C18H27F2N5O2S2/c1-21-18(22-6-12-29(26,27)25-8-10-28-11-9-25)23-14-5-7-24(13-14)17-15(19)3-2-4-16(17)20/h2-4,14H,5-13H2,1H3,(H2,21,22,23). The van der Waals surface area contributed by atoms with E-state index in [1.807, 2.05) is 0 Å². The molecule has 0 aliphatic carbocycles. The Bertz CT molecular complexity index is 811. The van der Waals surface area contributed by atoms with Crippen LogP contribution in [0.2, 0.25) is 0 Å². The lowest BCUT2D eigenvalue weighted by Gasteiger charge is -2.26. The van der Waals surface area contributed by atoms with Crippen LogP contribution in [0.4, 0.5) is 14.5 Å². The summed E-state index contributed by atoms with van der Waals surface area (Å²) in [5, 5.41) is 6.24. The number of rotatable bonds is 6. The molecule has 3 rings (SSSR count). The minimum Gasteiger partial charge on any atom is -0.365 e. The summed E-state index contributed by atoms with van der Waals surface area (Å²) in [6.07, 6.45) is 0.693. The molecule has 162 valence electrons. The van der Waals surface area contributed by atoms with E-state index in [4.69, 9.17) is 0 Å². The van der Waals surface area contributed by atoms with Crippen LogP contribution in [-0.4, -0.2) is 81.8 Å². The molecule has 2 N–H and O–H groups in total. The lowest BCUT2D eigenvalue weighted by Crippen LogP contribution is -2.47. The van der Waals surface area contributed by atoms with E-state index < -0.39 is 21.7 Å². The summed E-state index contributed by atoms with van der Waals surface area (Å²) >= 11 is 1.76. The zero-order valence-electron chi connectivity index (χ0n) is 16.4. The molecule has 0 spiro atoms. The molecule has 2 fully saturated rings. The Labute approximate surface area is 175 Å². The van der Waals surface area contributed by atoms with Crippen molar-refractivity contribution in [3.8, 4) is 0 Å². The molecule has 1 aromatic carbocycles. The summed E-state index contributed by atoms with van der Waals surface area (Å²) in [4.78, 5) is 5.81. The highest BCUT2D eigenvalue weighted by Gasteiger charge is 2.28. The van der Waals surface area contributed by atoms with Gasteiger partial charge in [-0.1, -0.05) is 6.07 Å². The van der Waals surface area contributed by atoms with Gasteiger partial charge >= 0.3 is 0 Å². The van der Waals surface area contributed by atoms with Gasteiger partial charge in [0, 0.05) is 57.3 Å². The van der Waals surface area contributed by atoms with Crippen molar-refractivity contribution in [2.45, 2.75) is 12.5 Å². The first kappa shape index (κ1) is 22.1. The Morgan fingerprint density at radius 3 is 2.59 bits per heavy atom. The highest BCUT2D eigenvalue weighted by Crippen LogP contribution is 2.26. The molecule has 0 bridgehead atoms. The van der Waals surface area contributed by atoms with Crippen molar-refractivity contribution in [3.05, 3.63) is 29.8 Å². The number of halogens is 2. The molecule has 2 saturated heterocycles. The second-order valence-electron chi connectivity index (χ2n) is 6.97. The third-order valence-corrected chi connectivity index (χ3v) is 7.84. The summed E-state index contributed by atoms with van der Waals surface area (Å²) in [6, 6.07) is 3.81. The molecule has 0 radical (unpaired) electrons. The van der Waals surface area contributed by atoms with Crippen molar-refractivity contribution in [1.82, 2.24) is 14.9 Å². The fourth-order valence-corrected chi connectivity index (χ4v) is 6.00. The van der Waals surface area contributed by atoms with E-state index in [1.54, 1.807) is 28.0 Å². The highest BCUT2D eigenvalue weighted by molar-refractivity contribution is 7.99. The maximum atomic E-state index is 14.0. The number of sulfonamides is 1. The van der Waals surface area contributed by atoms with Crippen LogP contribution in [0.25, 0.3) is 0 Å². The Morgan fingerprint density at radius 1 is 1.24 bits per heavy atom. The van der Waals surface area contributed by atoms with Crippen LogP contribution in [0.15, 0.2) is 23.2 Å². The zero-order chi connectivity index (χ0) is 20.9. The van der Waals surface area contributed by atoms with Gasteiger partial charge in [0.1, 0.15) is 17.3 Å². The molecule has 2 aliphatic rings. The Kier molecular flexibility index (Phi) is 7.58. The fourth-order valence-electron chi connectivity index (χ4n) is 3.51. The molecule has 11 heteroatoms. The van der Waals surface area contributed by atoms with E-state index in [-0.39, 0.29) is 24.0 Å². The van der Waals surface area contributed by atoms with Gasteiger partial charge in [-0.05, 0) is 18.6 Å². The number of para-hydroxylation sites is 1. The van der Waals surface area contributed by atoms with Gasteiger partial charge in [0.05, 0.1) is 5.75 Å². The van der Waals surface area contributed by atoms with Gasteiger partial charge in [0.2, 0.25) is 10.0 Å². The molecule has 1 unspecified atom stereocenters. The first-order valence-electron chi connectivity index (χ1n) is 9.62. The molecule has 2 aliphatic heterocycles. The molecule has 0 saturated carbocycles. The molecule has 2 heterocycles. The van der Waals surface area contributed by atoms with Crippen LogP contribution >= 0.6 is 11.8 Å². The third-order valence-electron chi connectivity index (χ3n) is 5.02. The number of benzene rings is 1. The van der Waals surface area contributed by atoms with Gasteiger partial charge in [-0.2, -0.15) is 11.8 Å². The number of thioether (sulfide) groups is 1. The largest absolute Gasteiger partial charge is 0.365 e. The van der Waals surface area contributed by atoms with E-state index in [0.29, 0.717) is 38.6 Å². The Morgan fingerprint density at radius 2 is 1.93 bits per heavy atom. The number of nitrogens with zero attached hydrogens (tertiary/aromatic N) is 3. The van der Waals surface area contributed by atoms with Crippen molar-refractivity contribution in [3.63, 3.8) is 0 Å². The summed E-state index contributed by atoms with van der Waals surface area (Å²) in [5.74, 6) is 0.988. The minimum atomic E-state index is -3.29. The van der Waals surface area contributed by atoms with Crippen molar-refractivity contribution in [1.29, 1.82) is 0 Å². The maximum Gasteiger partial charge on any atom is 0.215 e. The van der Waals surface area contributed by atoms with Crippen LogP contribution in [0.3, 0.4) is 0 Å². The van der Waals surface area contributed by atoms with Gasteiger partial charge in [-0.25, -0.2) is 21.5 Å². The zero-order valence-corrected chi connectivity index (χ0v) is 18.0. The predicted octanol–water partition coefficient (Wildman–Crippen LogP) is 1.09. The second kappa shape index (κ2) is 9.94. The first-order valence-corrected chi connectivity index (χ1v) is 12.4. The summed E-state index contributed by atoms with van der Waals surface area (Å²) < 4.78 is 54.3. The topological polar surface area (TPSA) is 77.0 Å².